The average molecular weight is 369 g/mol. The number of carbonyl (C=O) groups excluding carboxylic acids is 1. The molecule has 0 saturated heterocycles. The molecule has 2 N–H and O–H groups in total. The molecular weight excluding hydrogens is 352 g/mol. The maximum absolute atomic E-state index is 12.1. The first kappa shape index (κ1) is 17.8. The molecule has 0 fully saturated rings. The highest BCUT2D eigenvalue weighted by molar-refractivity contribution is 6.30. The predicted molar refractivity (Wildman–Crippen MR) is 100 cm³/mol. The van der Waals surface area contributed by atoms with E-state index in [1.54, 1.807) is 6.07 Å². The molecule has 7 heteroatoms. The number of aromatic nitrogens is 3. The van der Waals surface area contributed by atoms with Crippen LogP contribution < -0.4 is 11.3 Å². The lowest BCUT2D eigenvalue weighted by Crippen LogP contribution is -2.25. The van der Waals surface area contributed by atoms with Crippen molar-refractivity contribution in [3.05, 3.63) is 80.7 Å². The van der Waals surface area contributed by atoms with E-state index in [-0.39, 0.29) is 11.1 Å². The molecule has 0 saturated carbocycles. The summed E-state index contributed by atoms with van der Waals surface area (Å²) in [5.41, 5.74) is 8.04. The van der Waals surface area contributed by atoms with Gasteiger partial charge in [0.15, 0.2) is 0 Å². The minimum atomic E-state index is -0.619. The Bertz CT molecular complexity index is 1010. The SMILES string of the molecule is CCn1c(-c2ccc(Cc3cccc(Cl)c3)nn2)c(C(N)=O)ccc1=O. The minimum absolute atomic E-state index is 0.225. The Hall–Kier alpha value is -2.99. The Morgan fingerprint density at radius 3 is 2.58 bits per heavy atom. The topological polar surface area (TPSA) is 90.9 Å². The van der Waals surface area contributed by atoms with E-state index in [9.17, 15) is 9.59 Å². The molecule has 2 heterocycles. The van der Waals surface area contributed by atoms with Gasteiger partial charge in [0.25, 0.3) is 11.5 Å². The highest BCUT2D eigenvalue weighted by Gasteiger charge is 2.17. The van der Waals surface area contributed by atoms with E-state index in [4.69, 9.17) is 17.3 Å². The number of halogens is 1. The van der Waals surface area contributed by atoms with Crippen molar-refractivity contribution in [3.63, 3.8) is 0 Å². The van der Waals surface area contributed by atoms with Gasteiger partial charge in [0.1, 0.15) is 5.69 Å². The van der Waals surface area contributed by atoms with Gasteiger partial charge in [-0.05, 0) is 42.8 Å². The van der Waals surface area contributed by atoms with Gasteiger partial charge in [-0.2, -0.15) is 5.10 Å². The second-order valence-electron chi connectivity index (χ2n) is 5.76. The van der Waals surface area contributed by atoms with Crippen LogP contribution in [0.1, 0.15) is 28.5 Å². The largest absolute Gasteiger partial charge is 0.366 e. The number of hydrogen-bond acceptors (Lipinski definition) is 4. The Morgan fingerprint density at radius 1 is 1.15 bits per heavy atom. The maximum atomic E-state index is 12.1. The molecule has 0 atom stereocenters. The molecule has 6 nitrogen and oxygen atoms in total. The number of carbonyl (C=O) groups is 1. The summed E-state index contributed by atoms with van der Waals surface area (Å²) in [6.45, 7) is 2.21. The van der Waals surface area contributed by atoms with Crippen LogP contribution in [-0.4, -0.2) is 20.7 Å². The molecule has 26 heavy (non-hydrogen) atoms. The van der Waals surface area contributed by atoms with Crippen LogP contribution in [0.25, 0.3) is 11.4 Å². The van der Waals surface area contributed by atoms with Gasteiger partial charge in [-0.25, -0.2) is 0 Å². The van der Waals surface area contributed by atoms with Crippen LogP contribution in [0.2, 0.25) is 5.02 Å². The van der Waals surface area contributed by atoms with Crippen LogP contribution in [0.4, 0.5) is 0 Å². The van der Waals surface area contributed by atoms with Crippen molar-refractivity contribution in [1.82, 2.24) is 14.8 Å². The van der Waals surface area contributed by atoms with E-state index in [2.05, 4.69) is 10.2 Å². The Balaban J connectivity index is 2.00. The zero-order chi connectivity index (χ0) is 18.7. The lowest BCUT2D eigenvalue weighted by molar-refractivity contribution is 0.1000. The van der Waals surface area contributed by atoms with E-state index >= 15 is 0 Å². The highest BCUT2D eigenvalue weighted by atomic mass is 35.5. The molecular formula is C19H17ClN4O2. The molecule has 3 aromatic rings. The summed E-state index contributed by atoms with van der Waals surface area (Å²) in [6.07, 6.45) is 0.575. The van der Waals surface area contributed by atoms with Gasteiger partial charge in [0.2, 0.25) is 0 Å². The van der Waals surface area contributed by atoms with E-state index in [1.807, 2.05) is 37.3 Å². The first-order valence-electron chi connectivity index (χ1n) is 8.10. The van der Waals surface area contributed by atoms with E-state index < -0.39 is 5.91 Å². The van der Waals surface area contributed by atoms with Crippen LogP contribution in [0.5, 0.6) is 0 Å². The zero-order valence-corrected chi connectivity index (χ0v) is 14.9. The third-order valence-corrected chi connectivity index (χ3v) is 4.24. The number of benzene rings is 1. The molecule has 0 aliphatic rings. The molecule has 0 spiro atoms. The molecule has 1 aromatic carbocycles. The number of rotatable bonds is 5. The van der Waals surface area contributed by atoms with Crippen molar-refractivity contribution in [3.8, 4) is 11.4 Å². The Morgan fingerprint density at radius 2 is 1.96 bits per heavy atom. The van der Waals surface area contributed by atoms with E-state index in [0.717, 1.165) is 11.3 Å². The number of primary amides is 1. The molecule has 132 valence electrons. The molecule has 0 aliphatic carbocycles. The lowest BCUT2D eigenvalue weighted by atomic mass is 10.1. The Labute approximate surface area is 155 Å². The van der Waals surface area contributed by atoms with Crippen LogP contribution >= 0.6 is 11.6 Å². The van der Waals surface area contributed by atoms with Gasteiger partial charge in [0, 0.05) is 24.1 Å². The van der Waals surface area contributed by atoms with E-state index in [1.165, 1.54) is 16.7 Å². The van der Waals surface area contributed by atoms with E-state index in [0.29, 0.717) is 29.4 Å². The molecule has 0 bridgehead atoms. The summed E-state index contributed by atoms with van der Waals surface area (Å²) >= 11 is 6.00. The standard InChI is InChI=1S/C19H17ClN4O2/c1-2-24-17(25)9-7-15(19(21)26)18(24)16-8-6-14(22-23-16)11-12-4-3-5-13(20)10-12/h3-10H,2,11H2,1H3,(H2,21,26). The maximum Gasteiger partial charge on any atom is 0.251 e. The fourth-order valence-electron chi connectivity index (χ4n) is 2.80. The molecule has 0 radical (unpaired) electrons. The molecule has 3 rings (SSSR count). The van der Waals surface area contributed by atoms with Crippen molar-refractivity contribution in [2.24, 2.45) is 5.73 Å². The molecule has 0 unspecified atom stereocenters. The fraction of sp³-hybridized carbons (Fsp3) is 0.158. The lowest BCUT2D eigenvalue weighted by Gasteiger charge is -2.13. The predicted octanol–water partition coefficient (Wildman–Crippen LogP) is 2.67. The molecule has 2 aromatic heterocycles. The fourth-order valence-corrected chi connectivity index (χ4v) is 3.02. The van der Waals surface area contributed by atoms with Gasteiger partial charge in [-0.15, -0.1) is 5.10 Å². The molecule has 0 aliphatic heterocycles. The highest BCUT2D eigenvalue weighted by Crippen LogP contribution is 2.21. The third kappa shape index (κ3) is 3.65. The van der Waals surface area contributed by atoms with Crippen molar-refractivity contribution in [2.45, 2.75) is 19.9 Å². The normalized spacial score (nSPS) is 10.7. The van der Waals surface area contributed by atoms with Gasteiger partial charge < -0.3 is 10.3 Å². The second kappa shape index (κ2) is 7.49. The number of amides is 1. The smallest absolute Gasteiger partial charge is 0.251 e. The first-order chi connectivity index (χ1) is 12.5. The summed E-state index contributed by atoms with van der Waals surface area (Å²) in [7, 11) is 0. The van der Waals surface area contributed by atoms with Gasteiger partial charge >= 0.3 is 0 Å². The van der Waals surface area contributed by atoms with Crippen LogP contribution in [0.3, 0.4) is 0 Å². The van der Waals surface area contributed by atoms with Gasteiger partial charge in [-0.3, -0.25) is 9.59 Å². The number of pyridine rings is 1. The van der Waals surface area contributed by atoms with Crippen molar-refractivity contribution in [2.75, 3.05) is 0 Å². The van der Waals surface area contributed by atoms with Crippen LogP contribution in [0.15, 0.2) is 53.3 Å². The second-order valence-corrected chi connectivity index (χ2v) is 6.20. The van der Waals surface area contributed by atoms with Crippen LogP contribution in [-0.2, 0) is 13.0 Å². The zero-order valence-electron chi connectivity index (χ0n) is 14.1. The summed E-state index contributed by atoms with van der Waals surface area (Å²) in [5, 5.41) is 9.10. The van der Waals surface area contributed by atoms with Gasteiger partial charge in [0.05, 0.1) is 17.0 Å². The average Bonchev–Trinajstić information content (AvgIpc) is 2.62. The number of nitrogens with zero attached hydrogens (tertiary/aromatic N) is 3. The number of hydrogen-bond donors (Lipinski definition) is 1. The summed E-state index contributed by atoms with van der Waals surface area (Å²) in [6, 6.07) is 13.8. The number of nitrogens with two attached hydrogens (primary N) is 1. The Kier molecular flexibility index (Phi) is 5.14. The quantitative estimate of drug-likeness (QED) is 0.749. The first-order valence-corrected chi connectivity index (χ1v) is 8.48. The van der Waals surface area contributed by atoms with Crippen molar-refractivity contribution < 1.29 is 4.79 Å². The third-order valence-electron chi connectivity index (χ3n) is 4.00. The summed E-state index contributed by atoms with van der Waals surface area (Å²) < 4.78 is 1.46. The van der Waals surface area contributed by atoms with Gasteiger partial charge in [-0.1, -0.05) is 23.7 Å². The minimum Gasteiger partial charge on any atom is -0.366 e. The summed E-state index contributed by atoms with van der Waals surface area (Å²) in [5.74, 6) is -0.619. The summed E-state index contributed by atoms with van der Waals surface area (Å²) in [4.78, 5) is 23.9. The molecule has 1 amide bonds. The van der Waals surface area contributed by atoms with Crippen LogP contribution in [0, 0.1) is 0 Å². The monoisotopic (exact) mass is 368 g/mol. The van der Waals surface area contributed by atoms with Crippen molar-refractivity contribution >= 4 is 17.5 Å². The van der Waals surface area contributed by atoms with Crippen molar-refractivity contribution in [1.29, 1.82) is 0 Å².